The zero-order valence-electron chi connectivity index (χ0n) is 11.7. The minimum absolute atomic E-state index is 0.0942. The van der Waals surface area contributed by atoms with Crippen molar-refractivity contribution in [2.45, 2.75) is 31.0 Å². The number of nitrogens with zero attached hydrogens (tertiary/aromatic N) is 3. The molecule has 2 aromatic heterocycles. The molecule has 0 amide bonds. The molecule has 1 aliphatic rings. The molecule has 1 aliphatic carbocycles. The van der Waals surface area contributed by atoms with Gasteiger partial charge in [0.15, 0.2) is 9.99 Å². The van der Waals surface area contributed by atoms with Gasteiger partial charge in [0, 0.05) is 5.03 Å². The number of thioether (sulfide) groups is 1. The van der Waals surface area contributed by atoms with Crippen LogP contribution < -0.4 is 5.56 Å². The first-order valence-corrected chi connectivity index (χ1v) is 8.87. The fourth-order valence-corrected chi connectivity index (χ4v) is 4.57. The summed E-state index contributed by atoms with van der Waals surface area (Å²) in [6.45, 7) is 4.03. The van der Waals surface area contributed by atoms with E-state index in [0.29, 0.717) is 15.4 Å². The largest absolute Gasteiger partial charge is 0.277 e. The maximum Gasteiger partial charge on any atom is 0.277 e. The van der Waals surface area contributed by atoms with Crippen LogP contribution in [0.5, 0.6) is 0 Å². The van der Waals surface area contributed by atoms with E-state index in [4.69, 9.17) is 11.6 Å². The van der Waals surface area contributed by atoms with Crippen LogP contribution >= 0.6 is 34.7 Å². The molecule has 2 heterocycles. The number of hydrogen-bond donors (Lipinski definition) is 0. The maximum absolute atomic E-state index is 12.7. The molecule has 0 aromatic carbocycles. The number of thiazole rings is 1. The van der Waals surface area contributed by atoms with Crippen LogP contribution in [0.2, 0.25) is 0 Å². The van der Waals surface area contributed by atoms with Crippen molar-refractivity contribution in [2.75, 3.05) is 5.75 Å². The first kappa shape index (κ1) is 14.8. The first-order chi connectivity index (χ1) is 10.1. The molecule has 3 rings (SSSR count). The van der Waals surface area contributed by atoms with E-state index in [0.717, 1.165) is 34.2 Å². The Morgan fingerprint density at radius 3 is 3.05 bits per heavy atom. The highest BCUT2D eigenvalue weighted by Gasteiger charge is 2.18. The van der Waals surface area contributed by atoms with Crippen LogP contribution in [0.3, 0.4) is 0 Å². The summed E-state index contributed by atoms with van der Waals surface area (Å²) >= 11 is 9.35. The van der Waals surface area contributed by atoms with E-state index in [-0.39, 0.29) is 5.56 Å². The van der Waals surface area contributed by atoms with Gasteiger partial charge in [0.1, 0.15) is 11.0 Å². The van der Waals surface area contributed by atoms with Gasteiger partial charge in [-0.3, -0.25) is 9.36 Å². The van der Waals surface area contributed by atoms with E-state index in [2.05, 4.69) is 23.0 Å². The summed E-state index contributed by atoms with van der Waals surface area (Å²) in [6.07, 6.45) is 5.31. The molecule has 0 fully saturated rings. The third kappa shape index (κ3) is 2.67. The predicted octanol–water partition coefficient (Wildman–Crippen LogP) is 4.11. The lowest BCUT2D eigenvalue weighted by Gasteiger charge is -2.17. The zero-order valence-corrected chi connectivity index (χ0v) is 14.1. The summed E-state index contributed by atoms with van der Waals surface area (Å²) in [7, 11) is 0. The molecule has 0 aliphatic heterocycles. The third-order valence-electron chi connectivity index (χ3n) is 3.25. The molecule has 0 atom stereocenters. The van der Waals surface area contributed by atoms with Crippen molar-refractivity contribution in [1.82, 2.24) is 14.5 Å². The Labute approximate surface area is 135 Å². The molecule has 0 bridgehead atoms. The molecule has 110 valence electrons. The second-order valence-electron chi connectivity index (χ2n) is 4.66. The Bertz CT molecular complexity index is 819. The van der Waals surface area contributed by atoms with Gasteiger partial charge in [0.05, 0.1) is 5.70 Å². The number of halogens is 1. The maximum atomic E-state index is 12.7. The van der Waals surface area contributed by atoms with Gasteiger partial charge in [-0.2, -0.15) is 0 Å². The SMILES string of the molecule is CCSc1nc2ncn(C3=C(Cl)CCC=C3C)c(=O)c2s1. The fraction of sp³-hybridized carbons (Fsp3) is 0.357. The highest BCUT2D eigenvalue weighted by Crippen LogP contribution is 2.31. The van der Waals surface area contributed by atoms with E-state index in [1.54, 1.807) is 16.3 Å². The minimum atomic E-state index is -0.0942. The highest BCUT2D eigenvalue weighted by atomic mass is 35.5. The van der Waals surface area contributed by atoms with E-state index >= 15 is 0 Å². The Morgan fingerprint density at radius 1 is 1.52 bits per heavy atom. The van der Waals surface area contributed by atoms with Gasteiger partial charge < -0.3 is 0 Å². The molecule has 4 nitrogen and oxygen atoms in total. The Kier molecular flexibility index (Phi) is 4.19. The van der Waals surface area contributed by atoms with Crippen molar-refractivity contribution >= 4 is 50.7 Å². The fourth-order valence-electron chi connectivity index (χ4n) is 2.30. The van der Waals surface area contributed by atoms with Crippen molar-refractivity contribution in [3.05, 3.63) is 33.4 Å². The number of rotatable bonds is 3. The number of hydrogen-bond acceptors (Lipinski definition) is 5. The van der Waals surface area contributed by atoms with Gasteiger partial charge in [-0.15, -0.1) is 11.3 Å². The second-order valence-corrected chi connectivity index (χ2v) is 7.63. The number of aromatic nitrogens is 3. The third-order valence-corrected chi connectivity index (χ3v) is 5.68. The lowest BCUT2D eigenvalue weighted by Crippen LogP contribution is -2.21. The zero-order chi connectivity index (χ0) is 15.0. The van der Waals surface area contributed by atoms with Gasteiger partial charge in [0.2, 0.25) is 0 Å². The van der Waals surface area contributed by atoms with Gasteiger partial charge in [0.25, 0.3) is 5.56 Å². The molecule has 0 spiro atoms. The average Bonchev–Trinajstić information content (AvgIpc) is 2.85. The van der Waals surface area contributed by atoms with Crippen LogP contribution in [0.15, 0.2) is 32.1 Å². The van der Waals surface area contributed by atoms with E-state index in [1.165, 1.54) is 17.7 Å². The van der Waals surface area contributed by atoms with E-state index in [1.807, 2.05) is 6.92 Å². The minimum Gasteiger partial charge on any atom is -0.267 e. The van der Waals surface area contributed by atoms with E-state index < -0.39 is 0 Å². The van der Waals surface area contributed by atoms with Crippen LogP contribution in [0.4, 0.5) is 0 Å². The molecular weight excluding hydrogens is 326 g/mol. The number of fused-ring (bicyclic) bond motifs is 1. The van der Waals surface area contributed by atoms with Crippen molar-refractivity contribution in [2.24, 2.45) is 0 Å². The molecule has 7 heteroatoms. The standard InChI is InChI=1S/C14H14ClN3OS2/c1-3-20-14-17-12-11(21-14)13(19)18(7-16-12)10-8(2)5-4-6-9(10)15/h5,7H,3-4,6H2,1-2H3. The van der Waals surface area contributed by atoms with Crippen LogP contribution in [0, 0.1) is 0 Å². The Balaban J connectivity index is 2.19. The summed E-state index contributed by atoms with van der Waals surface area (Å²) in [6, 6.07) is 0. The number of allylic oxidation sites excluding steroid dienone is 4. The predicted molar refractivity (Wildman–Crippen MR) is 90.1 cm³/mol. The van der Waals surface area contributed by atoms with Crippen molar-refractivity contribution < 1.29 is 0 Å². The average molecular weight is 340 g/mol. The molecule has 0 N–H and O–H groups in total. The highest BCUT2D eigenvalue weighted by molar-refractivity contribution is 8.01. The summed E-state index contributed by atoms with van der Waals surface area (Å²) in [4.78, 5) is 21.4. The smallest absolute Gasteiger partial charge is 0.267 e. The lowest BCUT2D eigenvalue weighted by atomic mass is 10.0. The van der Waals surface area contributed by atoms with Crippen LogP contribution in [-0.2, 0) is 0 Å². The lowest BCUT2D eigenvalue weighted by molar-refractivity contribution is 0.921. The van der Waals surface area contributed by atoms with Gasteiger partial charge >= 0.3 is 0 Å². The Morgan fingerprint density at radius 2 is 2.33 bits per heavy atom. The second kappa shape index (κ2) is 5.94. The summed E-state index contributed by atoms with van der Waals surface area (Å²) < 4.78 is 3.02. The van der Waals surface area contributed by atoms with Crippen LogP contribution in [0.25, 0.3) is 16.0 Å². The molecule has 0 unspecified atom stereocenters. The monoisotopic (exact) mass is 339 g/mol. The molecule has 0 saturated heterocycles. The Hall–Kier alpha value is -1.11. The molecule has 0 radical (unpaired) electrons. The van der Waals surface area contributed by atoms with Gasteiger partial charge in [-0.1, -0.05) is 36.4 Å². The quantitative estimate of drug-likeness (QED) is 0.789. The van der Waals surface area contributed by atoms with E-state index in [9.17, 15) is 4.79 Å². The summed E-state index contributed by atoms with van der Waals surface area (Å²) in [5.74, 6) is 0.923. The topological polar surface area (TPSA) is 47.8 Å². The summed E-state index contributed by atoms with van der Waals surface area (Å²) in [5, 5.41) is 0.714. The molecule has 2 aromatic rings. The molecule has 0 saturated carbocycles. The molecular formula is C14H14ClN3OS2. The van der Waals surface area contributed by atoms with Crippen molar-refractivity contribution in [3.8, 4) is 0 Å². The molecule has 21 heavy (non-hydrogen) atoms. The first-order valence-electron chi connectivity index (χ1n) is 6.69. The van der Waals surface area contributed by atoms with Crippen LogP contribution in [-0.4, -0.2) is 20.3 Å². The van der Waals surface area contributed by atoms with Crippen molar-refractivity contribution in [1.29, 1.82) is 0 Å². The normalized spacial score (nSPS) is 15.7. The van der Waals surface area contributed by atoms with Crippen molar-refractivity contribution in [3.63, 3.8) is 0 Å². The van der Waals surface area contributed by atoms with Gasteiger partial charge in [-0.25, -0.2) is 9.97 Å². The summed E-state index contributed by atoms with van der Waals surface area (Å²) in [5.41, 5.74) is 2.21. The van der Waals surface area contributed by atoms with Crippen LogP contribution in [0.1, 0.15) is 26.7 Å². The van der Waals surface area contributed by atoms with Gasteiger partial charge in [-0.05, 0) is 31.1 Å².